The first-order valence-electron chi connectivity index (χ1n) is 7.67. The molecule has 5 heteroatoms. The predicted molar refractivity (Wildman–Crippen MR) is 88.9 cm³/mol. The number of rotatable bonds is 9. The first kappa shape index (κ1) is 17.7. The van der Waals surface area contributed by atoms with Gasteiger partial charge in [-0.25, -0.2) is 0 Å². The summed E-state index contributed by atoms with van der Waals surface area (Å²) in [5.41, 5.74) is 6.70. The zero-order valence-electron chi connectivity index (χ0n) is 13.3. The van der Waals surface area contributed by atoms with Crippen molar-refractivity contribution in [2.45, 2.75) is 65.7 Å². The number of nitrogens with two attached hydrogens (primary N) is 1. The predicted octanol–water partition coefficient (Wildman–Crippen LogP) is 4.15. The minimum absolute atomic E-state index is 0.0331. The lowest BCUT2D eigenvalue weighted by Crippen LogP contribution is -2.17. The Morgan fingerprint density at radius 2 is 1.71 bits per heavy atom. The first-order chi connectivity index (χ1) is 9.97. The van der Waals surface area contributed by atoms with Gasteiger partial charge in [0.25, 0.3) is 5.91 Å². The molecule has 0 radical (unpaired) electrons. The Labute approximate surface area is 131 Å². The van der Waals surface area contributed by atoms with Gasteiger partial charge in [-0.15, -0.1) is 11.3 Å². The van der Waals surface area contributed by atoms with Gasteiger partial charge in [0, 0.05) is 11.3 Å². The first-order valence-corrected chi connectivity index (χ1v) is 8.48. The second kappa shape index (κ2) is 8.82. The van der Waals surface area contributed by atoms with Gasteiger partial charge in [-0.3, -0.25) is 9.59 Å². The molecule has 2 amide bonds. The molecule has 0 unspecified atom stereocenters. The van der Waals surface area contributed by atoms with Crippen molar-refractivity contribution < 1.29 is 9.59 Å². The lowest BCUT2D eigenvalue weighted by Gasteiger charge is -2.05. The minimum Gasteiger partial charge on any atom is -0.365 e. The monoisotopic (exact) mass is 310 g/mol. The molecule has 1 heterocycles. The number of carbonyl (C=O) groups is 2. The Bertz CT molecular complexity index is 495. The van der Waals surface area contributed by atoms with Gasteiger partial charge in [0.05, 0.1) is 5.56 Å². The van der Waals surface area contributed by atoms with Crippen molar-refractivity contribution in [3.05, 3.63) is 16.0 Å². The molecule has 0 fully saturated rings. The maximum absolute atomic E-state index is 11.9. The molecule has 4 nitrogen and oxygen atoms in total. The number of aryl methyl sites for hydroxylation is 1. The van der Waals surface area contributed by atoms with Crippen LogP contribution in [0, 0.1) is 13.8 Å². The molecule has 0 saturated heterocycles. The largest absolute Gasteiger partial charge is 0.365 e. The van der Waals surface area contributed by atoms with Crippen molar-refractivity contribution in [2.75, 3.05) is 5.32 Å². The van der Waals surface area contributed by atoms with E-state index in [0.717, 1.165) is 23.3 Å². The highest BCUT2D eigenvalue weighted by atomic mass is 32.1. The fourth-order valence-corrected chi connectivity index (χ4v) is 3.35. The zero-order valence-corrected chi connectivity index (χ0v) is 14.1. The SMILES string of the molecule is CCCCCCCCC(=O)Nc1sc(C)c(C)c1C(N)=O. The number of amides is 2. The van der Waals surface area contributed by atoms with E-state index in [0.29, 0.717) is 17.0 Å². The summed E-state index contributed by atoms with van der Waals surface area (Å²) in [6.45, 7) is 5.97. The van der Waals surface area contributed by atoms with E-state index in [1.54, 1.807) is 0 Å². The third-order valence-corrected chi connectivity index (χ3v) is 4.76. The van der Waals surface area contributed by atoms with Crippen LogP contribution >= 0.6 is 11.3 Å². The smallest absolute Gasteiger partial charge is 0.251 e. The zero-order chi connectivity index (χ0) is 15.8. The highest BCUT2D eigenvalue weighted by molar-refractivity contribution is 7.16. The van der Waals surface area contributed by atoms with Crippen molar-refractivity contribution in [3.63, 3.8) is 0 Å². The van der Waals surface area contributed by atoms with Gasteiger partial charge in [-0.05, 0) is 25.8 Å². The fraction of sp³-hybridized carbons (Fsp3) is 0.625. The second-order valence-corrected chi connectivity index (χ2v) is 6.64. The number of carbonyl (C=O) groups excluding carboxylic acids is 2. The standard InChI is InChI=1S/C16H26N2O2S/c1-4-5-6-7-8-9-10-13(19)18-16-14(15(17)20)11(2)12(3)21-16/h4-10H2,1-3H3,(H2,17,20)(H,18,19). The molecule has 0 bridgehead atoms. The van der Waals surface area contributed by atoms with Gasteiger partial charge < -0.3 is 11.1 Å². The van der Waals surface area contributed by atoms with E-state index < -0.39 is 5.91 Å². The maximum Gasteiger partial charge on any atom is 0.251 e. The van der Waals surface area contributed by atoms with E-state index in [1.165, 1.54) is 37.0 Å². The van der Waals surface area contributed by atoms with Gasteiger partial charge >= 0.3 is 0 Å². The Balaban J connectivity index is 2.45. The number of hydrogen-bond acceptors (Lipinski definition) is 3. The molecule has 118 valence electrons. The normalized spacial score (nSPS) is 10.6. The van der Waals surface area contributed by atoms with Crippen LogP contribution in [0.2, 0.25) is 0 Å². The Hall–Kier alpha value is -1.36. The Morgan fingerprint density at radius 3 is 2.33 bits per heavy atom. The molecule has 0 aliphatic rings. The van der Waals surface area contributed by atoms with Crippen LogP contribution in [0.25, 0.3) is 0 Å². The van der Waals surface area contributed by atoms with Crippen molar-refractivity contribution >= 4 is 28.2 Å². The molecule has 1 aromatic heterocycles. The van der Waals surface area contributed by atoms with Crippen LogP contribution in [0.4, 0.5) is 5.00 Å². The summed E-state index contributed by atoms with van der Waals surface area (Å²) in [5, 5.41) is 3.43. The van der Waals surface area contributed by atoms with Gasteiger partial charge in [-0.2, -0.15) is 0 Å². The highest BCUT2D eigenvalue weighted by Crippen LogP contribution is 2.32. The van der Waals surface area contributed by atoms with Crippen LogP contribution in [0.1, 0.15) is 72.7 Å². The van der Waals surface area contributed by atoms with E-state index in [-0.39, 0.29) is 5.91 Å². The number of hydrogen-bond donors (Lipinski definition) is 2. The quantitative estimate of drug-likeness (QED) is 0.672. The van der Waals surface area contributed by atoms with Gasteiger partial charge in [0.2, 0.25) is 5.91 Å². The highest BCUT2D eigenvalue weighted by Gasteiger charge is 2.18. The van der Waals surface area contributed by atoms with Gasteiger partial charge in [-0.1, -0.05) is 39.0 Å². The number of thiophene rings is 1. The minimum atomic E-state index is -0.480. The van der Waals surface area contributed by atoms with Crippen LogP contribution in [-0.2, 0) is 4.79 Å². The molecule has 1 rings (SSSR count). The summed E-state index contributed by atoms with van der Waals surface area (Å²) in [6, 6.07) is 0. The third kappa shape index (κ3) is 5.50. The molecule has 0 aliphatic carbocycles. The van der Waals surface area contributed by atoms with Gasteiger partial charge in [0.1, 0.15) is 5.00 Å². The number of nitrogens with one attached hydrogen (secondary N) is 1. The number of primary amides is 1. The Morgan fingerprint density at radius 1 is 1.10 bits per heavy atom. The van der Waals surface area contributed by atoms with E-state index >= 15 is 0 Å². The van der Waals surface area contributed by atoms with Crippen LogP contribution in [0.15, 0.2) is 0 Å². The Kier molecular flexibility index (Phi) is 7.43. The van der Waals surface area contributed by atoms with Crippen molar-refractivity contribution in [1.82, 2.24) is 0 Å². The molecule has 0 spiro atoms. The van der Waals surface area contributed by atoms with E-state index in [9.17, 15) is 9.59 Å². The van der Waals surface area contributed by atoms with E-state index in [2.05, 4.69) is 12.2 Å². The maximum atomic E-state index is 11.9. The molecule has 0 aromatic carbocycles. The van der Waals surface area contributed by atoms with Crippen LogP contribution in [0.3, 0.4) is 0 Å². The molecule has 21 heavy (non-hydrogen) atoms. The molecule has 0 aliphatic heterocycles. The summed E-state index contributed by atoms with van der Waals surface area (Å²) in [7, 11) is 0. The molecule has 0 saturated carbocycles. The lowest BCUT2D eigenvalue weighted by atomic mass is 10.1. The second-order valence-electron chi connectivity index (χ2n) is 5.42. The molecule has 0 atom stereocenters. The fourth-order valence-electron chi connectivity index (χ4n) is 2.27. The average molecular weight is 310 g/mol. The van der Waals surface area contributed by atoms with Crippen LogP contribution in [-0.4, -0.2) is 11.8 Å². The van der Waals surface area contributed by atoms with Crippen molar-refractivity contribution in [2.24, 2.45) is 5.73 Å². The summed E-state index contributed by atoms with van der Waals surface area (Å²) >= 11 is 1.42. The number of anilines is 1. The van der Waals surface area contributed by atoms with Crippen LogP contribution in [0.5, 0.6) is 0 Å². The molecule has 3 N–H and O–H groups in total. The van der Waals surface area contributed by atoms with Gasteiger partial charge in [0.15, 0.2) is 0 Å². The topological polar surface area (TPSA) is 72.2 Å². The van der Waals surface area contributed by atoms with Crippen molar-refractivity contribution in [3.8, 4) is 0 Å². The van der Waals surface area contributed by atoms with Crippen molar-refractivity contribution in [1.29, 1.82) is 0 Å². The number of unbranched alkanes of at least 4 members (excludes halogenated alkanes) is 5. The molecular formula is C16H26N2O2S. The van der Waals surface area contributed by atoms with E-state index in [1.807, 2.05) is 13.8 Å². The van der Waals surface area contributed by atoms with E-state index in [4.69, 9.17) is 5.73 Å². The summed E-state index contributed by atoms with van der Waals surface area (Å²) in [4.78, 5) is 24.4. The lowest BCUT2D eigenvalue weighted by molar-refractivity contribution is -0.116. The third-order valence-electron chi connectivity index (χ3n) is 3.64. The average Bonchev–Trinajstić information content (AvgIpc) is 2.68. The summed E-state index contributed by atoms with van der Waals surface area (Å²) in [5.74, 6) is -0.513. The summed E-state index contributed by atoms with van der Waals surface area (Å²) in [6.07, 6.45) is 7.40. The summed E-state index contributed by atoms with van der Waals surface area (Å²) < 4.78 is 0. The molecular weight excluding hydrogens is 284 g/mol. The van der Waals surface area contributed by atoms with Crippen LogP contribution < -0.4 is 11.1 Å². The molecule has 1 aromatic rings.